The zero-order chi connectivity index (χ0) is 23.3. The van der Waals surface area contributed by atoms with Gasteiger partial charge in [0.15, 0.2) is 0 Å². The van der Waals surface area contributed by atoms with E-state index in [9.17, 15) is 14.7 Å². The van der Waals surface area contributed by atoms with Crippen LogP contribution in [0.5, 0.6) is 5.75 Å². The van der Waals surface area contributed by atoms with Gasteiger partial charge in [-0.3, -0.25) is 4.79 Å². The first-order chi connectivity index (χ1) is 14.4. The molecule has 168 valence electrons. The lowest BCUT2D eigenvalue weighted by Crippen LogP contribution is -2.36. The van der Waals surface area contributed by atoms with Crippen LogP contribution in [0.25, 0.3) is 0 Å². The molecule has 2 rings (SSSR count). The van der Waals surface area contributed by atoms with Crippen LogP contribution in [0, 0.1) is 13.8 Å². The number of hydrogen-bond donors (Lipinski definition) is 1. The molecule has 6 nitrogen and oxygen atoms in total. The number of aryl methyl sites for hydroxylation is 2. The second-order valence-electron chi connectivity index (χ2n) is 8.95. The molecule has 1 N–H and O–H groups in total. The van der Waals surface area contributed by atoms with Crippen molar-refractivity contribution >= 4 is 12.1 Å². The molecule has 0 aromatic heterocycles. The third-order valence-corrected chi connectivity index (χ3v) is 4.88. The van der Waals surface area contributed by atoms with Crippen molar-refractivity contribution in [2.24, 2.45) is 0 Å². The fourth-order valence-corrected chi connectivity index (χ4v) is 3.18. The lowest BCUT2D eigenvalue weighted by atomic mass is 9.95. The molecule has 2 atom stereocenters. The summed E-state index contributed by atoms with van der Waals surface area (Å²) >= 11 is 0. The Bertz CT molecular complexity index is 914. The van der Waals surface area contributed by atoms with Gasteiger partial charge in [0.25, 0.3) is 0 Å². The molecule has 0 aliphatic carbocycles. The Morgan fingerprint density at radius 1 is 1.06 bits per heavy atom. The summed E-state index contributed by atoms with van der Waals surface area (Å²) in [6.07, 6.45) is -1.39. The molecule has 2 aromatic rings. The van der Waals surface area contributed by atoms with E-state index >= 15 is 0 Å². The van der Waals surface area contributed by atoms with Crippen molar-refractivity contribution in [3.8, 4) is 5.75 Å². The minimum Gasteiger partial charge on any atom is -0.444 e. The van der Waals surface area contributed by atoms with Gasteiger partial charge in [-0.05, 0) is 70.4 Å². The van der Waals surface area contributed by atoms with Crippen molar-refractivity contribution in [3.63, 3.8) is 0 Å². The smallest absolute Gasteiger partial charge is 0.410 e. The Kier molecular flexibility index (Phi) is 7.85. The molecule has 0 radical (unpaired) electrons. The normalized spacial score (nSPS) is 13.3. The van der Waals surface area contributed by atoms with Gasteiger partial charge in [0.05, 0.1) is 18.6 Å². The summed E-state index contributed by atoms with van der Waals surface area (Å²) in [6.45, 7) is 11.3. The lowest BCUT2D eigenvalue weighted by Gasteiger charge is -2.26. The molecule has 6 heteroatoms. The number of benzene rings is 2. The zero-order valence-corrected chi connectivity index (χ0v) is 19.4. The maximum absolute atomic E-state index is 12.6. The maximum Gasteiger partial charge on any atom is 0.410 e. The van der Waals surface area contributed by atoms with Crippen LogP contribution in [0.3, 0.4) is 0 Å². The van der Waals surface area contributed by atoms with Crippen LogP contribution in [0.2, 0.25) is 0 Å². The molecule has 0 aliphatic rings. The van der Waals surface area contributed by atoms with Crippen molar-refractivity contribution in [1.82, 2.24) is 4.90 Å². The summed E-state index contributed by atoms with van der Waals surface area (Å²) in [6, 6.07) is 12.6. The van der Waals surface area contributed by atoms with Crippen molar-refractivity contribution in [2.45, 2.75) is 59.2 Å². The van der Waals surface area contributed by atoms with Crippen molar-refractivity contribution in [3.05, 3.63) is 64.7 Å². The highest BCUT2D eigenvalue weighted by atomic mass is 16.6. The highest BCUT2D eigenvalue weighted by molar-refractivity contribution is 5.80. The summed E-state index contributed by atoms with van der Waals surface area (Å²) in [5.41, 5.74) is 3.14. The number of amides is 1. The van der Waals surface area contributed by atoms with Gasteiger partial charge in [-0.15, -0.1) is 0 Å². The predicted octanol–water partition coefficient (Wildman–Crippen LogP) is 4.91. The third kappa shape index (κ3) is 7.10. The molecule has 0 aliphatic heterocycles. The quantitative estimate of drug-likeness (QED) is 0.523. The van der Waals surface area contributed by atoms with E-state index in [4.69, 9.17) is 9.47 Å². The maximum atomic E-state index is 12.6. The summed E-state index contributed by atoms with van der Waals surface area (Å²) in [5.74, 6) is -0.337. The van der Waals surface area contributed by atoms with Crippen molar-refractivity contribution < 1.29 is 24.2 Å². The average Bonchev–Trinajstić information content (AvgIpc) is 2.66. The Morgan fingerprint density at radius 2 is 1.68 bits per heavy atom. The number of esters is 1. The number of rotatable bonds is 6. The number of carbonyl (C=O) groups excluding carboxylic acids is 2. The predicted molar refractivity (Wildman–Crippen MR) is 120 cm³/mol. The SMILES string of the molecule is Cc1ccc(C(C)C(=O)Oc2ccc(C(O)CN(C)C(=O)OC(C)(C)C)cc2)c(C)c1. The molecule has 31 heavy (non-hydrogen) atoms. The highest BCUT2D eigenvalue weighted by Crippen LogP contribution is 2.24. The second kappa shape index (κ2) is 9.96. The number of ether oxygens (including phenoxy) is 2. The van der Waals surface area contributed by atoms with E-state index in [2.05, 4.69) is 0 Å². The van der Waals surface area contributed by atoms with Crippen LogP contribution in [0.4, 0.5) is 4.79 Å². The third-order valence-electron chi connectivity index (χ3n) is 4.88. The molecule has 1 amide bonds. The van der Waals surface area contributed by atoms with E-state index in [0.29, 0.717) is 11.3 Å². The average molecular weight is 428 g/mol. The van der Waals surface area contributed by atoms with Crippen LogP contribution in [-0.4, -0.2) is 41.3 Å². The zero-order valence-electron chi connectivity index (χ0n) is 19.4. The Morgan fingerprint density at radius 3 is 2.23 bits per heavy atom. The molecular formula is C25H33NO5. The largest absolute Gasteiger partial charge is 0.444 e. The lowest BCUT2D eigenvalue weighted by molar-refractivity contribution is -0.135. The van der Waals surface area contributed by atoms with Gasteiger partial charge in [-0.25, -0.2) is 4.79 Å². The van der Waals surface area contributed by atoms with Crippen molar-refractivity contribution in [2.75, 3.05) is 13.6 Å². The van der Waals surface area contributed by atoms with Crippen molar-refractivity contribution in [1.29, 1.82) is 0 Å². The molecular weight excluding hydrogens is 394 g/mol. The Hall–Kier alpha value is -2.86. The standard InChI is InChI=1S/C25H33NO5/c1-16-8-13-21(17(2)14-16)18(3)23(28)30-20-11-9-19(10-12-20)22(27)15-26(7)24(29)31-25(4,5)6/h8-14,18,22,27H,15H2,1-7H3. The number of hydrogen-bond acceptors (Lipinski definition) is 5. The summed E-state index contributed by atoms with van der Waals surface area (Å²) in [4.78, 5) is 26.0. The van der Waals surface area contributed by atoms with Crippen LogP contribution in [0.15, 0.2) is 42.5 Å². The molecule has 0 saturated heterocycles. The topological polar surface area (TPSA) is 76.1 Å². The molecule has 0 spiro atoms. The van der Waals surface area contributed by atoms with E-state index in [1.807, 2.05) is 39.0 Å². The van der Waals surface area contributed by atoms with E-state index < -0.39 is 23.7 Å². The van der Waals surface area contributed by atoms with E-state index in [0.717, 1.165) is 16.7 Å². The van der Waals surface area contributed by atoms with Gasteiger partial charge in [-0.2, -0.15) is 0 Å². The summed E-state index contributed by atoms with van der Waals surface area (Å²) < 4.78 is 10.8. The van der Waals surface area contributed by atoms with Gasteiger partial charge in [0.2, 0.25) is 0 Å². The Balaban J connectivity index is 1.98. The minimum atomic E-state index is -0.892. The number of aliphatic hydroxyl groups is 1. The molecule has 0 bridgehead atoms. The number of aliphatic hydroxyl groups excluding tert-OH is 1. The first kappa shape index (κ1) is 24.4. The number of likely N-dealkylation sites (N-methyl/N-ethyl adjacent to an activating group) is 1. The first-order valence-corrected chi connectivity index (χ1v) is 10.4. The Labute approximate surface area is 184 Å². The number of nitrogens with zero attached hydrogens (tertiary/aromatic N) is 1. The van der Waals surface area contributed by atoms with E-state index in [1.54, 1.807) is 52.1 Å². The first-order valence-electron chi connectivity index (χ1n) is 10.4. The molecule has 2 aromatic carbocycles. The van der Waals surface area contributed by atoms with E-state index in [-0.39, 0.29) is 12.5 Å². The van der Waals surface area contributed by atoms with Crippen LogP contribution in [-0.2, 0) is 9.53 Å². The molecule has 0 fully saturated rings. The van der Waals surface area contributed by atoms with Gasteiger partial charge in [0.1, 0.15) is 11.4 Å². The highest BCUT2D eigenvalue weighted by Gasteiger charge is 2.22. The van der Waals surface area contributed by atoms with Crippen LogP contribution >= 0.6 is 0 Å². The fraction of sp³-hybridized carbons (Fsp3) is 0.440. The second-order valence-corrected chi connectivity index (χ2v) is 8.95. The van der Waals surface area contributed by atoms with Crippen LogP contribution in [0.1, 0.15) is 62.0 Å². The minimum absolute atomic E-state index is 0.0811. The summed E-state index contributed by atoms with van der Waals surface area (Å²) in [5, 5.41) is 10.4. The van der Waals surface area contributed by atoms with Gasteiger partial charge in [-0.1, -0.05) is 35.9 Å². The van der Waals surface area contributed by atoms with Gasteiger partial charge in [0, 0.05) is 7.05 Å². The summed E-state index contributed by atoms with van der Waals surface area (Å²) in [7, 11) is 1.57. The van der Waals surface area contributed by atoms with Gasteiger partial charge >= 0.3 is 12.1 Å². The van der Waals surface area contributed by atoms with Crippen LogP contribution < -0.4 is 4.74 Å². The molecule has 0 saturated carbocycles. The number of carbonyl (C=O) groups is 2. The van der Waals surface area contributed by atoms with Gasteiger partial charge < -0.3 is 19.5 Å². The van der Waals surface area contributed by atoms with E-state index in [1.165, 1.54) is 4.90 Å². The molecule has 2 unspecified atom stereocenters. The molecule has 0 heterocycles. The monoisotopic (exact) mass is 427 g/mol. The fourth-order valence-electron chi connectivity index (χ4n) is 3.18.